The van der Waals surface area contributed by atoms with Gasteiger partial charge in [-0.05, 0) is 38.1 Å². The molecule has 0 aliphatic carbocycles. The molecule has 0 aliphatic heterocycles. The van der Waals surface area contributed by atoms with Crippen molar-refractivity contribution < 1.29 is 19.2 Å². The molecule has 0 fully saturated rings. The molecule has 3 aromatic rings. The van der Waals surface area contributed by atoms with Crippen molar-refractivity contribution in [1.29, 1.82) is 0 Å². The van der Waals surface area contributed by atoms with Crippen molar-refractivity contribution in [3.63, 3.8) is 0 Å². The number of amides is 1. The van der Waals surface area contributed by atoms with E-state index < -0.39 is 23.4 Å². The van der Waals surface area contributed by atoms with Crippen LogP contribution in [0.15, 0.2) is 48.5 Å². The average Bonchev–Trinajstić information content (AvgIpc) is 3.02. The molecule has 0 saturated carbocycles. The fourth-order valence-corrected chi connectivity index (χ4v) is 3.08. The number of ether oxygens (including phenoxy) is 1. The van der Waals surface area contributed by atoms with Crippen LogP contribution in [0.2, 0.25) is 5.02 Å². The summed E-state index contributed by atoms with van der Waals surface area (Å²) in [7, 11) is 0. The van der Waals surface area contributed by atoms with Crippen LogP contribution in [0.1, 0.15) is 21.7 Å². The summed E-state index contributed by atoms with van der Waals surface area (Å²) in [6, 6.07) is 13.1. The van der Waals surface area contributed by atoms with Crippen LogP contribution >= 0.6 is 11.6 Å². The zero-order valence-electron chi connectivity index (χ0n) is 16.1. The molecule has 30 heavy (non-hydrogen) atoms. The van der Waals surface area contributed by atoms with E-state index in [1.807, 2.05) is 30.3 Å². The quantitative estimate of drug-likeness (QED) is 0.362. The standard InChI is InChI=1S/C20H17ClN4O5/c1-12-19(13(2)24(23-12)15-6-4-3-5-7-15)20(27)30-11-18(26)22-14-8-9-16(21)17(10-14)25(28)29/h3-10H,11H2,1-2H3,(H,22,26). The molecule has 0 bridgehead atoms. The summed E-state index contributed by atoms with van der Waals surface area (Å²) in [4.78, 5) is 34.9. The first-order valence-corrected chi connectivity index (χ1v) is 9.18. The van der Waals surface area contributed by atoms with E-state index >= 15 is 0 Å². The Morgan fingerprint density at radius 2 is 1.90 bits per heavy atom. The summed E-state index contributed by atoms with van der Waals surface area (Å²) in [6.45, 7) is 2.84. The van der Waals surface area contributed by atoms with Crippen LogP contribution in [0.5, 0.6) is 0 Å². The molecule has 1 amide bonds. The molecule has 10 heteroatoms. The van der Waals surface area contributed by atoms with Gasteiger partial charge < -0.3 is 10.1 Å². The Hall–Kier alpha value is -3.72. The molecule has 3 rings (SSSR count). The minimum atomic E-state index is -0.690. The molecule has 0 radical (unpaired) electrons. The second-order valence-corrected chi connectivity index (χ2v) is 6.75. The van der Waals surface area contributed by atoms with Gasteiger partial charge in [0, 0.05) is 11.8 Å². The highest BCUT2D eigenvalue weighted by Crippen LogP contribution is 2.27. The Kier molecular flexibility index (Phi) is 6.12. The number of aromatic nitrogens is 2. The molecule has 1 heterocycles. The highest BCUT2D eigenvalue weighted by molar-refractivity contribution is 6.32. The number of nitrogens with zero attached hydrogens (tertiary/aromatic N) is 3. The second-order valence-electron chi connectivity index (χ2n) is 6.34. The van der Waals surface area contributed by atoms with Gasteiger partial charge in [0.05, 0.1) is 22.0 Å². The number of nitro groups is 1. The molecular weight excluding hydrogens is 412 g/mol. The Bertz CT molecular complexity index is 1130. The zero-order valence-corrected chi connectivity index (χ0v) is 16.8. The topological polar surface area (TPSA) is 116 Å². The minimum Gasteiger partial charge on any atom is -0.452 e. The number of hydrogen-bond acceptors (Lipinski definition) is 6. The smallest absolute Gasteiger partial charge is 0.342 e. The van der Waals surface area contributed by atoms with Crippen molar-refractivity contribution in [2.75, 3.05) is 11.9 Å². The monoisotopic (exact) mass is 428 g/mol. The van der Waals surface area contributed by atoms with Crippen LogP contribution in [-0.2, 0) is 9.53 Å². The number of carbonyl (C=O) groups excluding carboxylic acids is 2. The van der Waals surface area contributed by atoms with Crippen LogP contribution in [0.4, 0.5) is 11.4 Å². The molecular formula is C20H17ClN4O5. The zero-order chi connectivity index (χ0) is 21.8. The minimum absolute atomic E-state index is 0.0502. The van der Waals surface area contributed by atoms with Gasteiger partial charge in [-0.3, -0.25) is 14.9 Å². The first kappa shape index (κ1) is 21.0. The van der Waals surface area contributed by atoms with Crippen molar-refractivity contribution in [3.05, 3.63) is 80.6 Å². The van der Waals surface area contributed by atoms with Crippen LogP contribution in [0, 0.1) is 24.0 Å². The van der Waals surface area contributed by atoms with Gasteiger partial charge in [0.2, 0.25) is 0 Å². The van der Waals surface area contributed by atoms with Crippen molar-refractivity contribution in [1.82, 2.24) is 9.78 Å². The number of nitrogens with one attached hydrogen (secondary N) is 1. The van der Waals surface area contributed by atoms with Crippen molar-refractivity contribution in [3.8, 4) is 5.69 Å². The van der Waals surface area contributed by atoms with Crippen LogP contribution in [0.3, 0.4) is 0 Å². The summed E-state index contributed by atoms with van der Waals surface area (Å²) < 4.78 is 6.73. The molecule has 154 valence electrons. The van der Waals surface area contributed by atoms with E-state index in [0.717, 1.165) is 11.8 Å². The molecule has 0 unspecified atom stereocenters. The summed E-state index contributed by atoms with van der Waals surface area (Å²) in [5, 5.41) is 17.7. The van der Waals surface area contributed by atoms with Gasteiger partial charge in [0.1, 0.15) is 10.6 Å². The van der Waals surface area contributed by atoms with Crippen molar-refractivity contribution in [2.45, 2.75) is 13.8 Å². The SMILES string of the molecule is Cc1nn(-c2ccccc2)c(C)c1C(=O)OCC(=O)Nc1ccc(Cl)c([N+](=O)[O-])c1. The predicted octanol–water partition coefficient (Wildman–Crippen LogP) is 3.85. The first-order valence-electron chi connectivity index (χ1n) is 8.80. The van der Waals surface area contributed by atoms with E-state index in [9.17, 15) is 19.7 Å². The lowest BCUT2D eigenvalue weighted by molar-refractivity contribution is -0.384. The molecule has 0 aliphatic rings. The maximum Gasteiger partial charge on any atom is 0.342 e. The lowest BCUT2D eigenvalue weighted by atomic mass is 10.2. The predicted molar refractivity (Wildman–Crippen MR) is 110 cm³/mol. The molecule has 1 N–H and O–H groups in total. The van der Waals surface area contributed by atoms with Gasteiger partial charge in [-0.2, -0.15) is 5.10 Å². The second kappa shape index (κ2) is 8.75. The number of rotatable bonds is 6. The number of para-hydroxylation sites is 1. The summed E-state index contributed by atoms with van der Waals surface area (Å²) in [5.41, 5.74) is 1.93. The highest BCUT2D eigenvalue weighted by atomic mass is 35.5. The lowest BCUT2D eigenvalue weighted by Gasteiger charge is -2.08. The number of halogens is 1. The van der Waals surface area contributed by atoms with Gasteiger partial charge in [0.25, 0.3) is 11.6 Å². The Balaban J connectivity index is 1.68. The first-order chi connectivity index (χ1) is 14.3. The van der Waals surface area contributed by atoms with Crippen LogP contribution in [-0.4, -0.2) is 33.2 Å². The van der Waals surface area contributed by atoms with E-state index in [1.165, 1.54) is 12.1 Å². The van der Waals surface area contributed by atoms with Gasteiger partial charge in [-0.25, -0.2) is 9.48 Å². The van der Waals surface area contributed by atoms with Gasteiger partial charge in [0.15, 0.2) is 6.61 Å². The van der Waals surface area contributed by atoms with Crippen molar-refractivity contribution in [2.24, 2.45) is 0 Å². The Morgan fingerprint density at radius 3 is 2.57 bits per heavy atom. The highest BCUT2D eigenvalue weighted by Gasteiger charge is 2.22. The molecule has 2 aromatic carbocycles. The number of benzene rings is 2. The number of anilines is 1. The number of carbonyl (C=O) groups is 2. The van der Waals surface area contributed by atoms with Gasteiger partial charge in [-0.15, -0.1) is 0 Å². The molecule has 0 saturated heterocycles. The maximum atomic E-state index is 12.5. The fraction of sp³-hybridized carbons (Fsp3) is 0.150. The van der Waals surface area contributed by atoms with Crippen LogP contribution < -0.4 is 5.32 Å². The summed E-state index contributed by atoms with van der Waals surface area (Å²) >= 11 is 5.74. The molecule has 9 nitrogen and oxygen atoms in total. The van der Waals surface area contributed by atoms with E-state index in [4.69, 9.17) is 16.3 Å². The summed E-state index contributed by atoms with van der Waals surface area (Å²) in [6.07, 6.45) is 0. The average molecular weight is 429 g/mol. The largest absolute Gasteiger partial charge is 0.452 e. The third-order valence-electron chi connectivity index (χ3n) is 4.26. The fourth-order valence-electron chi connectivity index (χ4n) is 2.89. The maximum absolute atomic E-state index is 12.5. The summed E-state index contributed by atoms with van der Waals surface area (Å²) in [5.74, 6) is -1.34. The third kappa shape index (κ3) is 4.47. The van der Waals surface area contributed by atoms with E-state index in [2.05, 4.69) is 10.4 Å². The number of aryl methyl sites for hydroxylation is 1. The third-order valence-corrected chi connectivity index (χ3v) is 4.58. The lowest BCUT2D eigenvalue weighted by Crippen LogP contribution is -2.21. The number of esters is 1. The van der Waals surface area contributed by atoms with Crippen molar-refractivity contribution >= 4 is 34.9 Å². The van der Waals surface area contributed by atoms with Crippen LogP contribution in [0.25, 0.3) is 5.69 Å². The number of nitro benzene ring substituents is 1. The Morgan fingerprint density at radius 1 is 1.20 bits per heavy atom. The van der Waals surface area contributed by atoms with Gasteiger partial charge >= 0.3 is 5.97 Å². The van der Waals surface area contributed by atoms with E-state index in [0.29, 0.717) is 11.4 Å². The molecule has 0 spiro atoms. The Labute approximate surface area is 176 Å². The van der Waals surface area contributed by atoms with E-state index in [1.54, 1.807) is 18.5 Å². The molecule has 0 atom stereocenters. The normalized spacial score (nSPS) is 10.5. The number of hydrogen-bond donors (Lipinski definition) is 1. The van der Waals surface area contributed by atoms with Gasteiger partial charge in [-0.1, -0.05) is 29.8 Å². The van der Waals surface area contributed by atoms with E-state index in [-0.39, 0.29) is 22.0 Å². The molecule has 1 aromatic heterocycles.